The Morgan fingerprint density at radius 1 is 1.06 bits per heavy atom. The van der Waals surface area contributed by atoms with Gasteiger partial charge in [0.05, 0.1) is 49.4 Å². The molecule has 0 spiro atoms. The Morgan fingerprint density at radius 3 is 2.15 bits per heavy atom. The summed E-state index contributed by atoms with van der Waals surface area (Å²) in [5.74, 6) is -0.998. The molecule has 0 bridgehead atoms. The molecule has 62 heavy (non-hydrogen) atoms. The van der Waals surface area contributed by atoms with E-state index in [-0.39, 0.29) is 39.7 Å². The SMILES string of the molecule is C#CC(C)Oc1cc(N2C(=O)C3=C(CCCC3)C2=O)c(F)cc1Cl.COc1cc(OC)nc(NC(=O)NS(=O)(=O)c2ncccc2C(=O)N(C)C)n1.O=C(O)CNCP(=O)(O)O. The van der Waals surface area contributed by atoms with Crippen LogP contribution in [0, 0.1) is 18.2 Å². The molecule has 334 valence electrons. The van der Waals surface area contributed by atoms with Gasteiger partial charge in [0.25, 0.3) is 27.7 Å². The van der Waals surface area contributed by atoms with Crippen LogP contribution in [0.15, 0.2) is 52.7 Å². The highest BCUT2D eigenvalue weighted by Gasteiger charge is 2.41. The van der Waals surface area contributed by atoms with Crippen molar-refractivity contribution >= 4 is 70.6 Å². The highest BCUT2D eigenvalue weighted by molar-refractivity contribution is 7.90. The first-order chi connectivity index (χ1) is 29.0. The van der Waals surface area contributed by atoms with Crippen molar-refractivity contribution in [3.63, 3.8) is 0 Å². The van der Waals surface area contributed by atoms with Crippen LogP contribution in [0.25, 0.3) is 0 Å². The number of imide groups is 1. The second kappa shape index (κ2) is 22.0. The number of terminal acetylenes is 1. The number of aromatic nitrogens is 3. The smallest absolute Gasteiger partial charge is 0.339 e. The summed E-state index contributed by atoms with van der Waals surface area (Å²) in [5, 5.41) is 11.6. The summed E-state index contributed by atoms with van der Waals surface area (Å²) >= 11 is 5.97. The number of carbonyl (C=O) groups excluding carboxylic acids is 4. The lowest BCUT2D eigenvalue weighted by molar-refractivity contribution is -0.136. The zero-order valence-electron chi connectivity index (χ0n) is 33.5. The number of nitrogens with one attached hydrogen (secondary N) is 3. The molecule has 0 saturated heterocycles. The lowest BCUT2D eigenvalue weighted by atomic mass is 9.93. The monoisotopic (exact) mass is 926 g/mol. The zero-order chi connectivity index (χ0) is 46.5. The van der Waals surface area contributed by atoms with E-state index in [0.717, 1.165) is 23.8 Å². The largest absolute Gasteiger partial charge is 0.481 e. The van der Waals surface area contributed by atoms with E-state index in [4.69, 9.17) is 47.1 Å². The number of urea groups is 1. The molecule has 22 nitrogen and oxygen atoms in total. The van der Waals surface area contributed by atoms with Crippen LogP contribution in [-0.4, -0.2) is 120 Å². The van der Waals surface area contributed by atoms with Crippen LogP contribution < -0.4 is 34.5 Å². The molecule has 1 unspecified atom stereocenters. The van der Waals surface area contributed by atoms with Crippen molar-refractivity contribution in [3.8, 4) is 29.9 Å². The molecule has 3 heterocycles. The van der Waals surface area contributed by atoms with E-state index < -0.39 is 77.1 Å². The summed E-state index contributed by atoms with van der Waals surface area (Å²) in [7, 11) is -2.94. The van der Waals surface area contributed by atoms with Gasteiger partial charge in [0.1, 0.15) is 11.6 Å². The maximum Gasteiger partial charge on any atom is 0.339 e. The minimum Gasteiger partial charge on any atom is -0.481 e. The van der Waals surface area contributed by atoms with Crippen molar-refractivity contribution in [2.24, 2.45) is 0 Å². The Morgan fingerprint density at radius 2 is 1.65 bits per heavy atom. The van der Waals surface area contributed by atoms with Crippen molar-refractivity contribution in [1.29, 1.82) is 0 Å². The Hall–Kier alpha value is -6.22. The van der Waals surface area contributed by atoms with Gasteiger partial charge in [-0.15, -0.1) is 6.42 Å². The van der Waals surface area contributed by atoms with E-state index in [9.17, 15) is 41.3 Å². The Labute approximate surface area is 359 Å². The standard InChI is InChI=1S/C18H15ClFNO3.C15H18N6O6S.C3H8NO5P/c1-3-10(2)24-16-9-15(14(20)8-13(16)19)21-17(22)11-6-4-5-7-12(11)18(21)23;1-21(2)13(22)9-6-5-7-16-12(9)28(24,25)20-15(23)19-14-17-10(26-3)8-11(18-14)27-4;5-3(6)1-4-2-10(7,8)9/h1,8-10H,4-7H2,2H3;5-8H,1-4H3,(H2,17,18,19,20,23);4H,1-2H2,(H,5,6)(H2,7,8,9). The lowest BCUT2D eigenvalue weighted by Gasteiger charge is -2.19. The molecule has 1 aromatic carbocycles. The van der Waals surface area contributed by atoms with Crippen molar-refractivity contribution in [3.05, 3.63) is 64.1 Å². The second-order valence-corrected chi connectivity index (χ2v) is 16.5. The summed E-state index contributed by atoms with van der Waals surface area (Å²) in [6, 6.07) is 5.17. The molecule has 2 aliphatic rings. The van der Waals surface area contributed by atoms with Crippen LogP contribution in [0.4, 0.5) is 20.8 Å². The summed E-state index contributed by atoms with van der Waals surface area (Å²) in [5.41, 5.74) is 0.621. The molecular formula is C36H41ClFN8O14PS. The number of hydrogen-bond acceptors (Lipinski definition) is 15. The van der Waals surface area contributed by atoms with Gasteiger partial charge >= 0.3 is 19.6 Å². The molecule has 5 rings (SSSR count). The maximum absolute atomic E-state index is 14.4. The second-order valence-electron chi connectivity index (χ2n) is 12.8. The first kappa shape index (κ1) is 50.1. The average molecular weight is 927 g/mol. The molecular weight excluding hydrogens is 886 g/mol. The molecule has 5 amide bonds. The molecule has 1 aliphatic carbocycles. The molecule has 0 saturated carbocycles. The zero-order valence-corrected chi connectivity index (χ0v) is 36.0. The third-order valence-electron chi connectivity index (χ3n) is 7.98. The first-order valence-corrected chi connectivity index (χ1v) is 21.4. The van der Waals surface area contributed by atoms with E-state index in [0.29, 0.717) is 24.0 Å². The number of nitrogens with zero attached hydrogens (tertiary/aromatic N) is 5. The van der Waals surface area contributed by atoms with Gasteiger partial charge in [0, 0.05) is 37.5 Å². The van der Waals surface area contributed by atoms with Gasteiger partial charge in [-0.25, -0.2) is 23.8 Å². The van der Waals surface area contributed by atoms with Gasteiger partial charge in [0.2, 0.25) is 17.7 Å². The summed E-state index contributed by atoms with van der Waals surface area (Å²) < 4.78 is 66.6. The maximum atomic E-state index is 14.4. The van der Waals surface area contributed by atoms with Gasteiger partial charge in [-0.05, 0) is 50.8 Å². The molecule has 26 heteroatoms. The van der Waals surface area contributed by atoms with Crippen molar-refractivity contribution in [2.75, 3.05) is 51.4 Å². The number of benzene rings is 1. The lowest BCUT2D eigenvalue weighted by Crippen LogP contribution is -2.36. The van der Waals surface area contributed by atoms with Crippen LogP contribution in [0.3, 0.4) is 0 Å². The number of sulfonamides is 1. The fourth-order valence-corrected chi connectivity index (χ4v) is 6.88. The van der Waals surface area contributed by atoms with Gasteiger partial charge in [-0.1, -0.05) is 17.5 Å². The highest BCUT2D eigenvalue weighted by Crippen LogP contribution is 2.40. The van der Waals surface area contributed by atoms with E-state index in [2.05, 4.69) is 31.5 Å². The molecule has 1 atom stereocenters. The highest BCUT2D eigenvalue weighted by atomic mass is 35.5. The molecule has 2 aromatic heterocycles. The number of anilines is 2. The Kier molecular flexibility index (Phi) is 17.8. The van der Waals surface area contributed by atoms with Gasteiger partial charge < -0.3 is 34.0 Å². The van der Waals surface area contributed by atoms with Crippen LogP contribution in [0.2, 0.25) is 5.02 Å². The van der Waals surface area contributed by atoms with Gasteiger partial charge in [-0.3, -0.25) is 34.4 Å². The van der Waals surface area contributed by atoms with E-state index in [1.807, 2.05) is 0 Å². The number of methoxy groups -OCH3 is 2. The third-order valence-corrected chi connectivity index (χ3v) is 10.2. The predicted molar refractivity (Wildman–Crippen MR) is 218 cm³/mol. The minimum absolute atomic E-state index is 0.0233. The Bertz CT molecular complexity index is 2390. The number of hydrogen-bond donors (Lipinski definition) is 6. The third kappa shape index (κ3) is 13.9. The summed E-state index contributed by atoms with van der Waals surface area (Å²) in [4.78, 5) is 89.0. The minimum atomic E-state index is -4.46. The predicted octanol–water partition coefficient (Wildman–Crippen LogP) is 2.52. The fourth-order valence-electron chi connectivity index (χ4n) is 5.25. The number of amides is 5. The molecule has 0 fully saturated rings. The van der Waals surface area contributed by atoms with Crippen LogP contribution >= 0.6 is 19.2 Å². The van der Waals surface area contributed by atoms with Crippen LogP contribution in [0.5, 0.6) is 17.5 Å². The van der Waals surface area contributed by atoms with Gasteiger partial charge in [0.15, 0.2) is 11.1 Å². The van der Waals surface area contributed by atoms with E-state index in [1.165, 1.54) is 63.7 Å². The summed E-state index contributed by atoms with van der Waals surface area (Å²) in [6.45, 7) is 1.19. The van der Waals surface area contributed by atoms with Crippen molar-refractivity contribution < 1.29 is 70.4 Å². The van der Waals surface area contributed by atoms with Crippen molar-refractivity contribution in [2.45, 2.75) is 43.7 Å². The van der Waals surface area contributed by atoms with Crippen molar-refractivity contribution in [1.82, 2.24) is 29.9 Å². The number of ether oxygens (including phenoxy) is 3. The first-order valence-electron chi connectivity index (χ1n) is 17.7. The molecule has 1 aliphatic heterocycles. The number of carbonyl (C=O) groups is 5. The van der Waals surface area contributed by atoms with Gasteiger partial charge in [-0.2, -0.15) is 18.4 Å². The molecule has 3 aromatic rings. The topological polar surface area (TPSA) is 306 Å². The Balaban J connectivity index is 0.000000274. The number of rotatable bonds is 13. The molecule has 6 N–H and O–H groups in total. The normalized spacial score (nSPS) is 13.8. The number of halogens is 2. The number of aliphatic carboxylic acids is 1. The van der Waals surface area contributed by atoms with Crippen LogP contribution in [0.1, 0.15) is 43.0 Å². The van der Waals surface area contributed by atoms with Crippen LogP contribution in [-0.2, 0) is 29.0 Å². The summed E-state index contributed by atoms with van der Waals surface area (Å²) in [6.07, 6.45) is 8.06. The number of pyridine rings is 1. The quantitative estimate of drug-likeness (QED) is 0.0815. The number of carboxylic acid groups (broad SMARTS) is 1. The number of carboxylic acids is 1. The van der Waals surface area contributed by atoms with E-state index in [1.54, 1.807) is 11.6 Å². The fraction of sp³-hybridized carbons (Fsp3) is 0.333. The molecule has 0 radical (unpaired) electrons. The van der Waals surface area contributed by atoms with E-state index >= 15 is 0 Å². The average Bonchev–Trinajstić information content (AvgIpc) is 3.46.